The monoisotopic (exact) mass is 434 g/mol. The SMILES string of the molecule is CCCNC(=O)[C@H](CC)N(Cc1ccc(Cl)cc1Cl)C(=O)Cc1ccccc1C. The van der Waals surface area contributed by atoms with Crippen molar-refractivity contribution in [3.8, 4) is 0 Å². The fourth-order valence-electron chi connectivity index (χ4n) is 3.19. The summed E-state index contributed by atoms with van der Waals surface area (Å²) in [5.41, 5.74) is 2.76. The number of halogens is 2. The zero-order valence-corrected chi connectivity index (χ0v) is 18.7. The van der Waals surface area contributed by atoms with Crippen molar-refractivity contribution < 1.29 is 9.59 Å². The quantitative estimate of drug-likeness (QED) is 0.590. The first-order valence-corrected chi connectivity index (χ1v) is 10.7. The summed E-state index contributed by atoms with van der Waals surface area (Å²) < 4.78 is 0. The van der Waals surface area contributed by atoms with Gasteiger partial charge in [-0.25, -0.2) is 0 Å². The Hall–Kier alpha value is -2.04. The molecule has 156 valence electrons. The Labute approximate surface area is 183 Å². The predicted molar refractivity (Wildman–Crippen MR) is 119 cm³/mol. The Bertz CT molecular complexity index is 855. The summed E-state index contributed by atoms with van der Waals surface area (Å²) in [5.74, 6) is -0.249. The van der Waals surface area contributed by atoms with Gasteiger partial charge in [0.15, 0.2) is 0 Å². The molecule has 0 spiro atoms. The molecule has 4 nitrogen and oxygen atoms in total. The zero-order valence-electron chi connectivity index (χ0n) is 17.2. The van der Waals surface area contributed by atoms with Gasteiger partial charge in [0.25, 0.3) is 0 Å². The molecule has 1 atom stereocenters. The molecule has 2 rings (SSSR count). The number of nitrogens with one attached hydrogen (secondary N) is 1. The molecular weight excluding hydrogens is 407 g/mol. The van der Waals surface area contributed by atoms with Gasteiger partial charge in [0.2, 0.25) is 11.8 Å². The van der Waals surface area contributed by atoms with Gasteiger partial charge in [0.1, 0.15) is 6.04 Å². The molecule has 0 aliphatic rings. The highest BCUT2D eigenvalue weighted by atomic mass is 35.5. The third-order valence-electron chi connectivity index (χ3n) is 4.89. The third kappa shape index (κ3) is 6.48. The van der Waals surface area contributed by atoms with Crippen molar-refractivity contribution in [3.63, 3.8) is 0 Å². The lowest BCUT2D eigenvalue weighted by atomic mass is 10.0. The minimum Gasteiger partial charge on any atom is -0.354 e. The minimum atomic E-state index is -0.565. The van der Waals surface area contributed by atoms with Gasteiger partial charge < -0.3 is 10.2 Å². The summed E-state index contributed by atoms with van der Waals surface area (Å²) in [7, 11) is 0. The van der Waals surface area contributed by atoms with E-state index in [1.807, 2.05) is 45.0 Å². The number of amides is 2. The van der Waals surface area contributed by atoms with Crippen LogP contribution < -0.4 is 5.32 Å². The van der Waals surface area contributed by atoms with Crippen LogP contribution in [0.4, 0.5) is 0 Å². The van der Waals surface area contributed by atoms with Crippen molar-refractivity contribution in [1.29, 1.82) is 0 Å². The number of nitrogens with zero attached hydrogens (tertiary/aromatic N) is 1. The standard InChI is InChI=1S/C23H28Cl2N2O2/c1-4-12-26-23(29)21(5-2)27(15-18-10-11-19(24)14-20(18)25)22(28)13-17-9-7-6-8-16(17)3/h6-11,14,21H,4-5,12-13,15H2,1-3H3,(H,26,29)/t21-/m0/s1. The summed E-state index contributed by atoms with van der Waals surface area (Å²) in [6, 6.07) is 12.4. The van der Waals surface area contributed by atoms with Gasteiger partial charge in [0.05, 0.1) is 6.42 Å². The van der Waals surface area contributed by atoms with Crippen molar-refractivity contribution in [2.24, 2.45) is 0 Å². The summed E-state index contributed by atoms with van der Waals surface area (Å²) >= 11 is 12.4. The van der Waals surface area contributed by atoms with Crippen molar-refractivity contribution in [3.05, 3.63) is 69.2 Å². The Balaban J connectivity index is 2.33. The maximum absolute atomic E-state index is 13.3. The van der Waals surface area contributed by atoms with E-state index in [-0.39, 0.29) is 24.8 Å². The number of carbonyl (C=O) groups is 2. The highest BCUT2D eigenvalue weighted by Crippen LogP contribution is 2.24. The summed E-state index contributed by atoms with van der Waals surface area (Å²) in [6.07, 6.45) is 1.58. The van der Waals surface area contributed by atoms with Gasteiger partial charge in [-0.1, -0.05) is 67.4 Å². The number of carbonyl (C=O) groups excluding carboxylic acids is 2. The van der Waals surface area contributed by atoms with Crippen molar-refractivity contribution >= 4 is 35.0 Å². The Morgan fingerprint density at radius 3 is 2.41 bits per heavy atom. The number of benzene rings is 2. The molecule has 0 aromatic heterocycles. The molecule has 0 heterocycles. The van der Waals surface area contributed by atoms with Crippen molar-refractivity contribution in [2.75, 3.05) is 6.54 Å². The van der Waals surface area contributed by atoms with Gasteiger partial charge >= 0.3 is 0 Å². The second kappa shape index (κ2) is 11.2. The van der Waals surface area contributed by atoms with Gasteiger partial charge in [-0.15, -0.1) is 0 Å². The Morgan fingerprint density at radius 2 is 1.79 bits per heavy atom. The van der Waals surface area contributed by atoms with E-state index in [1.165, 1.54) is 0 Å². The molecule has 0 aliphatic carbocycles. The maximum Gasteiger partial charge on any atom is 0.242 e. The molecule has 0 fully saturated rings. The van der Waals surface area contributed by atoms with E-state index >= 15 is 0 Å². The topological polar surface area (TPSA) is 49.4 Å². The fraction of sp³-hybridized carbons (Fsp3) is 0.391. The predicted octanol–water partition coefficient (Wildman–Crippen LogP) is 5.18. The third-order valence-corrected chi connectivity index (χ3v) is 5.48. The Kier molecular flexibility index (Phi) is 8.99. The molecular formula is C23H28Cl2N2O2. The van der Waals surface area contributed by atoms with Crippen LogP contribution in [-0.4, -0.2) is 29.3 Å². The molecule has 0 saturated carbocycles. The lowest BCUT2D eigenvalue weighted by Gasteiger charge is -2.31. The highest BCUT2D eigenvalue weighted by molar-refractivity contribution is 6.35. The average Bonchev–Trinajstić information content (AvgIpc) is 2.69. The van der Waals surface area contributed by atoms with Crippen LogP contribution in [0.3, 0.4) is 0 Å². The first kappa shape index (κ1) is 23.2. The lowest BCUT2D eigenvalue weighted by molar-refractivity contribution is -0.140. The van der Waals surface area contributed by atoms with E-state index < -0.39 is 6.04 Å². The number of rotatable bonds is 9. The van der Waals surface area contributed by atoms with E-state index in [2.05, 4.69) is 5.32 Å². The van der Waals surface area contributed by atoms with Crippen LogP contribution in [0.5, 0.6) is 0 Å². The smallest absolute Gasteiger partial charge is 0.242 e. The number of aryl methyl sites for hydroxylation is 1. The zero-order chi connectivity index (χ0) is 21.4. The minimum absolute atomic E-state index is 0.108. The second-order valence-electron chi connectivity index (χ2n) is 7.08. The van der Waals surface area contributed by atoms with Crippen LogP contribution in [-0.2, 0) is 22.6 Å². The maximum atomic E-state index is 13.3. The molecule has 6 heteroatoms. The van der Waals surface area contributed by atoms with E-state index in [9.17, 15) is 9.59 Å². The molecule has 29 heavy (non-hydrogen) atoms. The summed E-state index contributed by atoms with van der Waals surface area (Å²) in [5, 5.41) is 3.93. The number of hydrogen-bond acceptors (Lipinski definition) is 2. The normalized spacial score (nSPS) is 11.8. The Morgan fingerprint density at radius 1 is 1.07 bits per heavy atom. The molecule has 0 bridgehead atoms. The summed E-state index contributed by atoms with van der Waals surface area (Å²) in [4.78, 5) is 27.7. The van der Waals surface area contributed by atoms with E-state index in [0.29, 0.717) is 23.0 Å². The molecule has 0 saturated heterocycles. The molecule has 0 aliphatic heterocycles. The molecule has 0 unspecified atom stereocenters. The van der Waals surface area contributed by atoms with E-state index in [1.54, 1.807) is 23.1 Å². The van der Waals surface area contributed by atoms with Crippen molar-refractivity contribution in [2.45, 2.75) is 52.6 Å². The first-order chi connectivity index (χ1) is 13.9. The van der Waals surface area contributed by atoms with Crippen LogP contribution in [0.25, 0.3) is 0 Å². The van der Waals surface area contributed by atoms with Crippen LogP contribution in [0.1, 0.15) is 43.4 Å². The van der Waals surface area contributed by atoms with Crippen LogP contribution in [0, 0.1) is 6.92 Å². The fourth-order valence-corrected chi connectivity index (χ4v) is 3.66. The summed E-state index contributed by atoms with van der Waals surface area (Å²) in [6.45, 7) is 6.72. The largest absolute Gasteiger partial charge is 0.354 e. The van der Waals surface area contributed by atoms with Gasteiger partial charge in [-0.05, 0) is 48.6 Å². The van der Waals surface area contributed by atoms with E-state index in [4.69, 9.17) is 23.2 Å². The molecule has 2 aromatic carbocycles. The first-order valence-electron chi connectivity index (χ1n) is 9.92. The number of hydrogen-bond donors (Lipinski definition) is 1. The lowest BCUT2D eigenvalue weighted by Crippen LogP contribution is -2.49. The van der Waals surface area contributed by atoms with Crippen LogP contribution >= 0.6 is 23.2 Å². The van der Waals surface area contributed by atoms with Crippen molar-refractivity contribution in [1.82, 2.24) is 10.2 Å². The molecule has 0 radical (unpaired) electrons. The van der Waals surface area contributed by atoms with Gasteiger partial charge in [0, 0.05) is 23.1 Å². The van der Waals surface area contributed by atoms with Gasteiger partial charge in [-0.2, -0.15) is 0 Å². The van der Waals surface area contributed by atoms with Crippen LogP contribution in [0.2, 0.25) is 10.0 Å². The van der Waals surface area contributed by atoms with Crippen LogP contribution in [0.15, 0.2) is 42.5 Å². The highest BCUT2D eigenvalue weighted by Gasteiger charge is 2.29. The van der Waals surface area contributed by atoms with Gasteiger partial charge in [-0.3, -0.25) is 9.59 Å². The molecule has 2 aromatic rings. The average molecular weight is 435 g/mol. The molecule has 1 N–H and O–H groups in total. The molecule has 2 amide bonds. The van der Waals surface area contributed by atoms with E-state index in [0.717, 1.165) is 23.1 Å². The second-order valence-corrected chi connectivity index (χ2v) is 7.92.